The quantitative estimate of drug-likeness (QED) is 0.944. The van der Waals surface area contributed by atoms with Crippen molar-refractivity contribution in [3.8, 4) is 0 Å². The molecule has 1 saturated carbocycles. The number of fused-ring (bicyclic) bond motifs is 1. The molecule has 0 bridgehead atoms. The van der Waals surface area contributed by atoms with E-state index in [4.69, 9.17) is 5.73 Å². The van der Waals surface area contributed by atoms with E-state index in [9.17, 15) is 4.79 Å². The van der Waals surface area contributed by atoms with Gasteiger partial charge in [0.15, 0.2) is 0 Å². The molecule has 1 aromatic carbocycles. The maximum absolute atomic E-state index is 12.3. The highest BCUT2D eigenvalue weighted by Crippen LogP contribution is 2.30. The summed E-state index contributed by atoms with van der Waals surface area (Å²) in [6.07, 6.45) is 4.67. The van der Waals surface area contributed by atoms with Crippen molar-refractivity contribution < 1.29 is 4.79 Å². The van der Waals surface area contributed by atoms with Gasteiger partial charge in [-0.25, -0.2) is 4.98 Å². The second kappa shape index (κ2) is 5.73. The van der Waals surface area contributed by atoms with Gasteiger partial charge in [0.05, 0.1) is 16.8 Å². The minimum atomic E-state index is -0.279. The highest BCUT2D eigenvalue weighted by molar-refractivity contribution is 7.18. The van der Waals surface area contributed by atoms with Crippen LogP contribution in [0.2, 0.25) is 0 Å². The number of hydrogen-bond donors (Lipinski definition) is 1. The zero-order valence-corrected chi connectivity index (χ0v) is 13.2. The molecule has 5 heteroatoms. The molecule has 0 spiro atoms. The summed E-state index contributed by atoms with van der Waals surface area (Å²) >= 11 is 1.65. The fourth-order valence-electron chi connectivity index (χ4n) is 2.97. The molecule has 4 nitrogen and oxygen atoms in total. The lowest BCUT2D eigenvalue weighted by atomic mass is 9.94. The second-order valence-corrected chi connectivity index (χ2v) is 7.19. The summed E-state index contributed by atoms with van der Waals surface area (Å²) in [5.74, 6) is 0.124. The molecule has 2 aromatic rings. The summed E-state index contributed by atoms with van der Waals surface area (Å²) in [6, 6.07) is 8.06. The molecule has 1 aromatic heterocycles. The summed E-state index contributed by atoms with van der Waals surface area (Å²) in [5, 5.41) is 0.976. The molecular weight excluding hydrogens is 282 g/mol. The Hall–Kier alpha value is -1.46. The van der Waals surface area contributed by atoms with Crippen LogP contribution in [0.5, 0.6) is 0 Å². The number of rotatable bonds is 4. The van der Waals surface area contributed by atoms with E-state index in [-0.39, 0.29) is 11.4 Å². The van der Waals surface area contributed by atoms with Crippen molar-refractivity contribution in [3.63, 3.8) is 0 Å². The van der Waals surface area contributed by atoms with E-state index in [1.165, 1.54) is 4.70 Å². The third kappa shape index (κ3) is 3.24. The van der Waals surface area contributed by atoms with Gasteiger partial charge in [0.2, 0.25) is 5.91 Å². The average molecular weight is 303 g/mol. The molecule has 0 radical (unpaired) electrons. The molecule has 1 aliphatic rings. The molecule has 0 unspecified atom stereocenters. The molecule has 112 valence electrons. The van der Waals surface area contributed by atoms with Crippen molar-refractivity contribution >= 4 is 27.5 Å². The Labute approximate surface area is 129 Å². The van der Waals surface area contributed by atoms with E-state index in [0.29, 0.717) is 13.0 Å². The lowest BCUT2D eigenvalue weighted by Gasteiger charge is -2.25. The third-order valence-electron chi connectivity index (χ3n) is 4.24. The van der Waals surface area contributed by atoms with Crippen LogP contribution in [-0.2, 0) is 11.3 Å². The van der Waals surface area contributed by atoms with Crippen LogP contribution in [0.1, 0.15) is 37.1 Å². The van der Waals surface area contributed by atoms with Gasteiger partial charge in [-0.1, -0.05) is 25.0 Å². The van der Waals surface area contributed by atoms with E-state index in [1.807, 2.05) is 25.2 Å². The number of hydrogen-bond acceptors (Lipinski definition) is 4. The number of carbonyl (C=O) groups excluding carboxylic acids is 1. The van der Waals surface area contributed by atoms with Crippen LogP contribution >= 0.6 is 11.3 Å². The first-order valence-electron chi connectivity index (χ1n) is 7.43. The number of nitrogens with two attached hydrogens (primary N) is 1. The number of nitrogens with zero attached hydrogens (tertiary/aromatic N) is 2. The third-order valence-corrected chi connectivity index (χ3v) is 5.26. The van der Waals surface area contributed by atoms with E-state index in [0.717, 1.165) is 36.2 Å². The van der Waals surface area contributed by atoms with Gasteiger partial charge in [-0.2, -0.15) is 0 Å². The topological polar surface area (TPSA) is 59.2 Å². The molecule has 1 fully saturated rings. The summed E-state index contributed by atoms with van der Waals surface area (Å²) < 4.78 is 1.17. The highest BCUT2D eigenvalue weighted by atomic mass is 32.1. The Balaban J connectivity index is 1.65. The van der Waals surface area contributed by atoms with Crippen LogP contribution in [-0.4, -0.2) is 28.4 Å². The lowest BCUT2D eigenvalue weighted by Crippen LogP contribution is -2.42. The van der Waals surface area contributed by atoms with Gasteiger partial charge in [-0.05, 0) is 25.0 Å². The molecular formula is C16H21N3OS. The smallest absolute Gasteiger partial charge is 0.224 e. The number of aromatic nitrogens is 1. The Morgan fingerprint density at radius 2 is 2.10 bits per heavy atom. The van der Waals surface area contributed by atoms with E-state index in [2.05, 4.69) is 11.1 Å². The Kier molecular flexibility index (Phi) is 3.95. The van der Waals surface area contributed by atoms with E-state index in [1.54, 1.807) is 16.2 Å². The highest BCUT2D eigenvalue weighted by Gasteiger charge is 2.32. The predicted octanol–water partition coefficient (Wildman–Crippen LogP) is 2.92. The Bertz CT molecular complexity index is 613. The summed E-state index contributed by atoms with van der Waals surface area (Å²) in [4.78, 5) is 18.7. The fourth-order valence-corrected chi connectivity index (χ4v) is 3.99. The largest absolute Gasteiger partial charge is 0.339 e. The van der Waals surface area contributed by atoms with Gasteiger partial charge < -0.3 is 10.6 Å². The number of para-hydroxylation sites is 1. The first-order chi connectivity index (χ1) is 10.1. The van der Waals surface area contributed by atoms with Crippen molar-refractivity contribution in [2.45, 2.75) is 44.2 Å². The monoisotopic (exact) mass is 303 g/mol. The fraction of sp³-hybridized carbons (Fsp3) is 0.500. The van der Waals surface area contributed by atoms with Crippen molar-refractivity contribution in [2.24, 2.45) is 5.73 Å². The number of amides is 1. The van der Waals surface area contributed by atoms with Crippen LogP contribution in [0.15, 0.2) is 24.3 Å². The van der Waals surface area contributed by atoms with Crippen LogP contribution in [0, 0.1) is 0 Å². The van der Waals surface area contributed by atoms with Crippen LogP contribution in [0.3, 0.4) is 0 Å². The minimum Gasteiger partial charge on any atom is -0.339 e. The molecule has 0 saturated heterocycles. The molecule has 21 heavy (non-hydrogen) atoms. The standard InChI is InChI=1S/C16H21N3OS/c1-19(15(20)10-16(17)8-4-5-9-16)11-14-18-12-6-2-3-7-13(12)21-14/h2-3,6-7H,4-5,8-11,17H2,1H3. The number of carbonyl (C=O) groups is 1. The van der Waals surface area contributed by atoms with Gasteiger partial charge in [0.1, 0.15) is 5.01 Å². The van der Waals surface area contributed by atoms with Gasteiger partial charge >= 0.3 is 0 Å². The minimum absolute atomic E-state index is 0.124. The van der Waals surface area contributed by atoms with Crippen molar-refractivity contribution in [1.82, 2.24) is 9.88 Å². The summed E-state index contributed by atoms with van der Waals surface area (Å²) in [7, 11) is 1.84. The second-order valence-electron chi connectivity index (χ2n) is 6.07. The molecule has 1 aliphatic carbocycles. The SMILES string of the molecule is CN(Cc1nc2ccccc2s1)C(=O)CC1(N)CCCC1. The van der Waals surface area contributed by atoms with Crippen molar-refractivity contribution in [1.29, 1.82) is 0 Å². The van der Waals surface area contributed by atoms with E-state index < -0.39 is 0 Å². The Morgan fingerprint density at radius 1 is 1.38 bits per heavy atom. The predicted molar refractivity (Wildman–Crippen MR) is 86.1 cm³/mol. The first-order valence-corrected chi connectivity index (χ1v) is 8.25. The average Bonchev–Trinajstić information content (AvgIpc) is 3.04. The van der Waals surface area contributed by atoms with Gasteiger partial charge in [-0.15, -0.1) is 11.3 Å². The maximum atomic E-state index is 12.3. The zero-order chi connectivity index (χ0) is 14.9. The van der Waals surface area contributed by atoms with Crippen LogP contribution < -0.4 is 5.73 Å². The zero-order valence-electron chi connectivity index (χ0n) is 12.3. The molecule has 1 amide bonds. The van der Waals surface area contributed by atoms with Gasteiger partial charge in [0.25, 0.3) is 0 Å². The normalized spacial score (nSPS) is 17.2. The molecule has 0 aliphatic heterocycles. The molecule has 0 atom stereocenters. The lowest BCUT2D eigenvalue weighted by molar-refractivity contribution is -0.131. The summed E-state index contributed by atoms with van der Waals surface area (Å²) in [6.45, 7) is 0.564. The van der Waals surface area contributed by atoms with Gasteiger partial charge in [-0.3, -0.25) is 4.79 Å². The van der Waals surface area contributed by atoms with Crippen molar-refractivity contribution in [3.05, 3.63) is 29.3 Å². The number of benzene rings is 1. The van der Waals surface area contributed by atoms with Crippen molar-refractivity contribution in [2.75, 3.05) is 7.05 Å². The summed E-state index contributed by atoms with van der Waals surface area (Å²) in [5.41, 5.74) is 7.02. The molecule has 2 N–H and O–H groups in total. The number of thiazole rings is 1. The first kappa shape index (κ1) is 14.5. The van der Waals surface area contributed by atoms with Gasteiger partial charge in [0, 0.05) is 19.0 Å². The molecule has 3 rings (SSSR count). The van der Waals surface area contributed by atoms with Crippen LogP contribution in [0.25, 0.3) is 10.2 Å². The Morgan fingerprint density at radius 3 is 2.81 bits per heavy atom. The maximum Gasteiger partial charge on any atom is 0.224 e. The van der Waals surface area contributed by atoms with Crippen LogP contribution in [0.4, 0.5) is 0 Å². The molecule has 1 heterocycles. The van der Waals surface area contributed by atoms with E-state index >= 15 is 0 Å².